The predicted molar refractivity (Wildman–Crippen MR) is 45.9 cm³/mol. The number of nitrogens with zero attached hydrogens (tertiary/aromatic N) is 1. The smallest absolute Gasteiger partial charge is 0.246 e. The van der Waals surface area contributed by atoms with Crippen LogP contribution in [0.15, 0.2) is 18.3 Å². The first-order valence-corrected chi connectivity index (χ1v) is 4.25. The number of halogens is 1. The highest BCUT2D eigenvalue weighted by Gasteiger charge is 2.23. The van der Waals surface area contributed by atoms with Gasteiger partial charge in [0, 0.05) is 6.20 Å². The fourth-order valence-electron chi connectivity index (χ4n) is 1.35. The Bertz CT molecular complexity index is 356. The molecule has 2 heterocycles. The van der Waals surface area contributed by atoms with E-state index in [1.54, 1.807) is 0 Å². The van der Waals surface area contributed by atoms with Gasteiger partial charge in [-0.2, -0.15) is 0 Å². The molecule has 1 aromatic heterocycles. The second kappa shape index (κ2) is 3.71. The van der Waals surface area contributed by atoms with E-state index in [1.807, 2.05) is 0 Å². The van der Waals surface area contributed by atoms with Crippen molar-refractivity contribution >= 4 is 5.91 Å². The maximum atomic E-state index is 13.2. The van der Waals surface area contributed by atoms with Gasteiger partial charge in [0.2, 0.25) is 5.91 Å². The second-order valence-electron chi connectivity index (χ2n) is 3.01. The van der Waals surface area contributed by atoms with Crippen LogP contribution in [0.2, 0.25) is 0 Å². The number of ether oxygens (including phenoxy) is 1. The standard InChI is InChI=1S/C9H9FN2O2/c10-6-2-1-3-11-9(6)7-4-14-5-8(13)12-7/h1-3,7H,4-5H2,(H,12,13)/t7-/m0/s1. The van der Waals surface area contributed by atoms with E-state index in [2.05, 4.69) is 10.3 Å². The van der Waals surface area contributed by atoms with Gasteiger partial charge >= 0.3 is 0 Å². The summed E-state index contributed by atoms with van der Waals surface area (Å²) in [6.45, 7) is 0.296. The molecule has 74 valence electrons. The monoisotopic (exact) mass is 196 g/mol. The number of morpholine rings is 1. The second-order valence-corrected chi connectivity index (χ2v) is 3.01. The van der Waals surface area contributed by atoms with E-state index >= 15 is 0 Å². The third-order valence-electron chi connectivity index (χ3n) is 1.97. The van der Waals surface area contributed by atoms with E-state index in [1.165, 1.54) is 18.3 Å². The summed E-state index contributed by atoms with van der Waals surface area (Å²) in [5.41, 5.74) is 0.223. The van der Waals surface area contributed by atoms with E-state index in [4.69, 9.17) is 4.74 Å². The summed E-state index contributed by atoms with van der Waals surface area (Å²) >= 11 is 0. The first kappa shape index (κ1) is 9.08. The molecule has 0 saturated carbocycles. The topological polar surface area (TPSA) is 51.2 Å². The zero-order valence-corrected chi connectivity index (χ0v) is 7.37. The maximum absolute atomic E-state index is 13.2. The lowest BCUT2D eigenvalue weighted by molar-refractivity contribution is -0.131. The molecule has 1 atom stereocenters. The molecule has 0 aromatic carbocycles. The average molecular weight is 196 g/mol. The molecule has 1 fully saturated rings. The van der Waals surface area contributed by atoms with Gasteiger partial charge in [-0.1, -0.05) is 0 Å². The van der Waals surface area contributed by atoms with E-state index < -0.39 is 11.9 Å². The molecule has 1 saturated heterocycles. The lowest BCUT2D eigenvalue weighted by Gasteiger charge is -2.22. The summed E-state index contributed by atoms with van der Waals surface area (Å²) < 4.78 is 18.2. The number of rotatable bonds is 1. The van der Waals surface area contributed by atoms with Crippen LogP contribution in [-0.2, 0) is 9.53 Å². The highest BCUT2D eigenvalue weighted by Crippen LogP contribution is 2.16. The van der Waals surface area contributed by atoms with Crippen molar-refractivity contribution in [3.63, 3.8) is 0 Å². The van der Waals surface area contributed by atoms with E-state index in [0.717, 1.165) is 0 Å². The van der Waals surface area contributed by atoms with Gasteiger partial charge in [-0.15, -0.1) is 0 Å². The normalized spacial score (nSPS) is 21.8. The van der Waals surface area contributed by atoms with Crippen molar-refractivity contribution < 1.29 is 13.9 Å². The third kappa shape index (κ3) is 1.72. The molecule has 2 rings (SSSR count). The number of hydrogen-bond acceptors (Lipinski definition) is 3. The number of carbonyl (C=O) groups excluding carboxylic acids is 1. The minimum Gasteiger partial charge on any atom is -0.369 e. The lowest BCUT2D eigenvalue weighted by Crippen LogP contribution is -2.40. The van der Waals surface area contributed by atoms with Gasteiger partial charge in [-0.05, 0) is 12.1 Å². The molecule has 0 spiro atoms. The van der Waals surface area contributed by atoms with E-state index in [0.29, 0.717) is 0 Å². The van der Waals surface area contributed by atoms with Gasteiger partial charge in [0.25, 0.3) is 0 Å². The molecule has 5 heteroatoms. The number of amides is 1. The van der Waals surface area contributed by atoms with Crippen LogP contribution in [0.3, 0.4) is 0 Å². The van der Waals surface area contributed by atoms with Gasteiger partial charge in [-0.25, -0.2) is 4.39 Å². The minimum atomic E-state index is -0.475. The molecule has 4 nitrogen and oxygen atoms in total. The van der Waals surface area contributed by atoms with Crippen molar-refractivity contribution in [3.8, 4) is 0 Å². The van der Waals surface area contributed by atoms with E-state index in [9.17, 15) is 9.18 Å². The molecule has 14 heavy (non-hydrogen) atoms. The fourth-order valence-corrected chi connectivity index (χ4v) is 1.35. The zero-order chi connectivity index (χ0) is 9.97. The minimum absolute atomic E-state index is 0.0327. The van der Waals surface area contributed by atoms with Crippen molar-refractivity contribution in [1.29, 1.82) is 0 Å². The molecule has 0 radical (unpaired) electrons. The molecule has 1 aliphatic rings. The Morgan fingerprint density at radius 1 is 1.64 bits per heavy atom. The Kier molecular flexibility index (Phi) is 2.41. The van der Waals surface area contributed by atoms with E-state index in [-0.39, 0.29) is 24.8 Å². The van der Waals surface area contributed by atoms with Gasteiger partial charge in [0.1, 0.15) is 18.1 Å². The number of carbonyl (C=O) groups is 1. The molecular formula is C9H9FN2O2. The average Bonchev–Trinajstić information content (AvgIpc) is 2.18. The summed E-state index contributed by atoms with van der Waals surface area (Å²) in [6, 6.07) is 2.34. The third-order valence-corrected chi connectivity index (χ3v) is 1.97. The van der Waals surface area contributed by atoms with Crippen LogP contribution in [0.4, 0.5) is 4.39 Å². The SMILES string of the molecule is O=C1COC[C@@H](c2ncccc2F)N1. The van der Waals surface area contributed by atoms with Crippen molar-refractivity contribution in [1.82, 2.24) is 10.3 Å². The molecule has 0 unspecified atom stereocenters. The molecule has 0 bridgehead atoms. The van der Waals surface area contributed by atoms with Gasteiger partial charge in [0.05, 0.1) is 12.6 Å². The van der Waals surface area contributed by atoms with Crippen LogP contribution in [0.5, 0.6) is 0 Å². The van der Waals surface area contributed by atoms with Crippen LogP contribution in [0.25, 0.3) is 0 Å². The van der Waals surface area contributed by atoms with Crippen molar-refractivity contribution in [2.45, 2.75) is 6.04 Å². The highest BCUT2D eigenvalue weighted by atomic mass is 19.1. The Balaban J connectivity index is 2.22. The summed E-state index contributed by atoms with van der Waals surface area (Å²) in [7, 11) is 0. The molecule has 1 aliphatic heterocycles. The first-order valence-electron chi connectivity index (χ1n) is 4.25. The summed E-state index contributed by atoms with van der Waals surface area (Å²) in [5.74, 6) is -0.672. The highest BCUT2D eigenvalue weighted by molar-refractivity contribution is 5.78. The van der Waals surface area contributed by atoms with Crippen LogP contribution in [0.1, 0.15) is 11.7 Å². The molecule has 0 aliphatic carbocycles. The summed E-state index contributed by atoms with van der Waals surface area (Å²) in [5, 5.41) is 2.61. The summed E-state index contributed by atoms with van der Waals surface area (Å²) in [6.07, 6.45) is 1.49. The predicted octanol–water partition coefficient (Wildman–Crippen LogP) is 0.408. The zero-order valence-electron chi connectivity index (χ0n) is 7.37. The fraction of sp³-hybridized carbons (Fsp3) is 0.333. The van der Waals surface area contributed by atoms with Gasteiger partial charge < -0.3 is 10.1 Å². The molecule has 1 amide bonds. The van der Waals surface area contributed by atoms with Gasteiger partial charge in [-0.3, -0.25) is 9.78 Å². The van der Waals surface area contributed by atoms with Crippen LogP contribution < -0.4 is 5.32 Å². The van der Waals surface area contributed by atoms with Crippen molar-refractivity contribution in [2.24, 2.45) is 0 Å². The largest absolute Gasteiger partial charge is 0.369 e. The number of hydrogen-bond donors (Lipinski definition) is 1. The van der Waals surface area contributed by atoms with Gasteiger partial charge in [0.15, 0.2) is 0 Å². The Labute approximate surface area is 80.1 Å². The quantitative estimate of drug-likeness (QED) is 0.707. The Morgan fingerprint density at radius 2 is 2.50 bits per heavy atom. The molecular weight excluding hydrogens is 187 g/mol. The summed E-state index contributed by atoms with van der Waals surface area (Å²) in [4.78, 5) is 14.8. The number of pyridine rings is 1. The Hall–Kier alpha value is -1.49. The van der Waals surface area contributed by atoms with Crippen molar-refractivity contribution in [2.75, 3.05) is 13.2 Å². The van der Waals surface area contributed by atoms with Crippen molar-refractivity contribution in [3.05, 3.63) is 29.8 Å². The molecule has 1 N–H and O–H groups in total. The Morgan fingerprint density at radius 3 is 3.21 bits per heavy atom. The van der Waals surface area contributed by atoms with Crippen LogP contribution in [-0.4, -0.2) is 24.1 Å². The number of nitrogens with one attached hydrogen (secondary N) is 1. The first-order chi connectivity index (χ1) is 6.77. The lowest BCUT2D eigenvalue weighted by atomic mass is 10.1. The molecule has 1 aromatic rings. The van der Waals surface area contributed by atoms with Crippen LogP contribution >= 0.6 is 0 Å². The maximum Gasteiger partial charge on any atom is 0.246 e. The number of aromatic nitrogens is 1. The van der Waals surface area contributed by atoms with Crippen LogP contribution in [0, 0.1) is 5.82 Å².